The molecule has 0 aliphatic rings. The van der Waals surface area contributed by atoms with E-state index in [4.69, 9.17) is 21.0 Å². The average molecular weight is 345 g/mol. The van der Waals surface area contributed by atoms with Crippen LogP contribution in [0.15, 0.2) is 29.4 Å². The molecular formula is C13H23N5O2S2. The molecule has 7 nitrogen and oxygen atoms in total. The number of hydrogen-bond donors (Lipinski definition) is 5. The number of unbranched alkanes of at least 4 members (excludes halogenated alkanes) is 1. The fourth-order valence-corrected chi connectivity index (χ4v) is 3.64. The molecule has 1 aromatic rings. The van der Waals surface area contributed by atoms with E-state index in [9.17, 15) is 0 Å². The Hall–Kier alpha value is -1.61. The van der Waals surface area contributed by atoms with Crippen LogP contribution >= 0.6 is 21.6 Å². The summed E-state index contributed by atoms with van der Waals surface area (Å²) in [4.78, 5) is 13.0. The van der Waals surface area contributed by atoms with E-state index in [0.29, 0.717) is 0 Å². The van der Waals surface area contributed by atoms with Gasteiger partial charge in [-0.2, -0.15) is 0 Å². The molecule has 0 fully saturated rings. The number of guanidine groups is 1. The van der Waals surface area contributed by atoms with E-state index in [1.807, 2.05) is 18.2 Å². The van der Waals surface area contributed by atoms with Crippen LogP contribution in [0.1, 0.15) is 26.2 Å². The smallest absolute Gasteiger partial charge is 0.402 e. The molecule has 1 heterocycles. The van der Waals surface area contributed by atoms with Gasteiger partial charge in [-0.25, -0.2) is 9.78 Å². The first-order valence-electron chi connectivity index (χ1n) is 6.75. The first-order chi connectivity index (χ1) is 10.5. The minimum atomic E-state index is -1.33. The van der Waals surface area contributed by atoms with E-state index < -0.39 is 6.09 Å². The van der Waals surface area contributed by atoms with E-state index in [1.54, 1.807) is 27.8 Å². The van der Waals surface area contributed by atoms with Gasteiger partial charge in [0.15, 0.2) is 5.96 Å². The van der Waals surface area contributed by atoms with E-state index in [2.05, 4.69) is 23.0 Å². The maximum absolute atomic E-state index is 8.78. The Labute approximate surface area is 138 Å². The lowest BCUT2D eigenvalue weighted by Gasteiger charge is -2.17. The largest absolute Gasteiger partial charge is 0.465 e. The molecule has 9 heteroatoms. The van der Waals surface area contributed by atoms with Gasteiger partial charge in [-0.1, -0.05) is 36.6 Å². The van der Waals surface area contributed by atoms with E-state index in [-0.39, 0.29) is 12.0 Å². The van der Waals surface area contributed by atoms with Crippen molar-refractivity contribution in [2.75, 3.05) is 5.75 Å². The SMILES string of the molecule is CCCCC(CSSc1ccccn1)NC(=N)N.NC(=O)O. The molecule has 0 aromatic carbocycles. The summed E-state index contributed by atoms with van der Waals surface area (Å²) in [6, 6.07) is 6.16. The number of nitrogens with zero attached hydrogens (tertiary/aromatic N) is 1. The van der Waals surface area contributed by atoms with Crippen LogP contribution in [0.4, 0.5) is 4.79 Å². The maximum Gasteiger partial charge on any atom is 0.402 e. The first kappa shape index (κ1) is 20.4. The highest BCUT2D eigenvalue weighted by Gasteiger charge is 2.09. The molecule has 0 saturated heterocycles. The minimum Gasteiger partial charge on any atom is -0.465 e. The number of carboxylic acid groups (broad SMARTS) is 1. The number of carbonyl (C=O) groups is 1. The van der Waals surface area contributed by atoms with Crippen molar-refractivity contribution in [3.8, 4) is 0 Å². The standard InChI is InChI=1S/C12H20N4S2.CH3NO2/c1-2-3-6-10(16-12(13)14)9-17-18-11-7-4-5-8-15-11;2-1(3)4/h4-5,7-8,10H,2-3,6,9H2,1H3,(H4,13,14,16);2H2,(H,3,4). The third kappa shape index (κ3) is 13.4. The van der Waals surface area contributed by atoms with Gasteiger partial charge in [0.05, 0.1) is 0 Å². The normalized spacial score (nSPS) is 11.0. The maximum atomic E-state index is 8.78. The zero-order valence-corrected chi connectivity index (χ0v) is 14.1. The summed E-state index contributed by atoms with van der Waals surface area (Å²) >= 11 is 0. The average Bonchev–Trinajstić information content (AvgIpc) is 2.44. The second-order valence-corrected chi connectivity index (χ2v) is 6.63. The lowest BCUT2D eigenvalue weighted by Crippen LogP contribution is -2.40. The monoisotopic (exact) mass is 345 g/mol. The third-order valence-electron chi connectivity index (χ3n) is 2.32. The Morgan fingerprint density at radius 2 is 2.18 bits per heavy atom. The lowest BCUT2D eigenvalue weighted by atomic mass is 10.1. The van der Waals surface area contributed by atoms with Crippen LogP contribution in [0.2, 0.25) is 0 Å². The highest BCUT2D eigenvalue weighted by atomic mass is 33.1. The van der Waals surface area contributed by atoms with Crippen LogP contribution in [-0.4, -0.2) is 33.9 Å². The number of rotatable bonds is 8. The number of primary amides is 1. The van der Waals surface area contributed by atoms with Crippen LogP contribution in [0.25, 0.3) is 0 Å². The van der Waals surface area contributed by atoms with Gasteiger partial charge in [0, 0.05) is 18.0 Å². The number of amides is 1. The Kier molecular flexibility index (Phi) is 12.1. The fourth-order valence-electron chi connectivity index (χ4n) is 1.44. The van der Waals surface area contributed by atoms with Crippen LogP contribution in [0, 0.1) is 5.41 Å². The number of hydrogen-bond acceptors (Lipinski definition) is 5. The summed E-state index contributed by atoms with van der Waals surface area (Å²) in [6.45, 7) is 2.17. The van der Waals surface area contributed by atoms with Gasteiger partial charge in [-0.3, -0.25) is 5.41 Å². The zero-order valence-electron chi connectivity index (χ0n) is 12.5. The predicted molar refractivity (Wildman–Crippen MR) is 93.1 cm³/mol. The Morgan fingerprint density at radius 3 is 2.68 bits per heavy atom. The highest BCUT2D eigenvalue weighted by Crippen LogP contribution is 2.29. The molecule has 0 bridgehead atoms. The quantitative estimate of drug-likeness (QED) is 0.277. The summed E-state index contributed by atoms with van der Waals surface area (Å²) in [6.07, 6.45) is 3.82. The van der Waals surface area contributed by atoms with E-state index >= 15 is 0 Å². The van der Waals surface area contributed by atoms with Crippen molar-refractivity contribution < 1.29 is 9.90 Å². The van der Waals surface area contributed by atoms with E-state index in [1.165, 1.54) is 0 Å². The van der Waals surface area contributed by atoms with Gasteiger partial charge in [0.1, 0.15) is 5.03 Å². The first-order valence-corrected chi connectivity index (χ1v) is 9.07. The lowest BCUT2D eigenvalue weighted by molar-refractivity contribution is 0.205. The van der Waals surface area contributed by atoms with Gasteiger partial charge in [-0.05, 0) is 29.3 Å². The van der Waals surface area contributed by atoms with Gasteiger partial charge in [-0.15, -0.1) is 0 Å². The second kappa shape index (κ2) is 13.1. The zero-order chi connectivity index (χ0) is 16.8. The van der Waals surface area contributed by atoms with Crippen LogP contribution < -0.4 is 16.8 Å². The van der Waals surface area contributed by atoms with Gasteiger partial charge >= 0.3 is 6.09 Å². The van der Waals surface area contributed by atoms with E-state index in [0.717, 1.165) is 30.0 Å². The van der Waals surface area contributed by atoms with Gasteiger partial charge in [0.25, 0.3) is 0 Å². The molecule has 1 aromatic heterocycles. The molecule has 1 unspecified atom stereocenters. The number of nitrogens with two attached hydrogens (primary N) is 2. The molecule has 0 saturated carbocycles. The Morgan fingerprint density at radius 1 is 1.50 bits per heavy atom. The molecule has 124 valence electrons. The van der Waals surface area contributed by atoms with Crippen molar-refractivity contribution in [2.45, 2.75) is 37.3 Å². The molecule has 0 radical (unpaired) electrons. The molecule has 1 atom stereocenters. The molecule has 7 N–H and O–H groups in total. The summed E-state index contributed by atoms with van der Waals surface area (Å²) in [5, 5.41) is 18.5. The summed E-state index contributed by atoms with van der Waals surface area (Å²) < 4.78 is 0. The molecule has 1 amide bonds. The summed E-state index contributed by atoms with van der Waals surface area (Å²) in [5.74, 6) is 0.973. The fraction of sp³-hybridized carbons (Fsp3) is 0.462. The second-order valence-electron chi connectivity index (χ2n) is 4.27. The molecule has 22 heavy (non-hydrogen) atoms. The summed E-state index contributed by atoms with van der Waals surface area (Å²) in [5.41, 5.74) is 9.42. The molecule has 0 aliphatic carbocycles. The number of nitrogens with one attached hydrogen (secondary N) is 2. The third-order valence-corrected chi connectivity index (χ3v) is 4.66. The molecule has 0 spiro atoms. The molecule has 0 aliphatic heterocycles. The van der Waals surface area contributed by atoms with Crippen LogP contribution in [0.3, 0.4) is 0 Å². The summed E-state index contributed by atoms with van der Waals surface area (Å²) in [7, 11) is 3.41. The number of pyridine rings is 1. The number of aromatic nitrogens is 1. The Balaban J connectivity index is 0.000000980. The van der Waals surface area contributed by atoms with Gasteiger partial charge < -0.3 is 21.9 Å². The van der Waals surface area contributed by atoms with Crippen molar-refractivity contribution >= 4 is 33.6 Å². The van der Waals surface area contributed by atoms with Crippen molar-refractivity contribution in [2.24, 2.45) is 11.5 Å². The van der Waals surface area contributed by atoms with Crippen LogP contribution in [-0.2, 0) is 0 Å². The molecule has 1 rings (SSSR count). The van der Waals surface area contributed by atoms with Crippen LogP contribution in [0.5, 0.6) is 0 Å². The van der Waals surface area contributed by atoms with Crippen molar-refractivity contribution in [1.29, 1.82) is 5.41 Å². The predicted octanol–water partition coefficient (Wildman–Crippen LogP) is 2.49. The van der Waals surface area contributed by atoms with Crippen molar-refractivity contribution in [1.82, 2.24) is 10.3 Å². The topological polar surface area (TPSA) is 138 Å². The van der Waals surface area contributed by atoms with Crippen molar-refractivity contribution in [3.05, 3.63) is 24.4 Å². The Bertz CT molecular complexity index is 430. The molecular weight excluding hydrogens is 322 g/mol. The highest BCUT2D eigenvalue weighted by molar-refractivity contribution is 8.76. The van der Waals surface area contributed by atoms with Gasteiger partial charge in [0.2, 0.25) is 0 Å². The minimum absolute atomic E-state index is 0.0551. The van der Waals surface area contributed by atoms with Crippen molar-refractivity contribution in [3.63, 3.8) is 0 Å².